The predicted molar refractivity (Wildman–Crippen MR) is 106 cm³/mol. The van der Waals surface area contributed by atoms with Crippen LogP contribution in [0.15, 0.2) is 42.5 Å². The number of benzene rings is 2. The highest BCUT2D eigenvalue weighted by Gasteiger charge is 2.22. The molecule has 4 nitrogen and oxygen atoms in total. The normalized spacial score (nSPS) is 13.9. The Morgan fingerprint density at radius 1 is 1.15 bits per heavy atom. The Morgan fingerprint density at radius 2 is 1.81 bits per heavy atom. The van der Waals surface area contributed by atoms with Crippen molar-refractivity contribution in [2.24, 2.45) is 5.73 Å². The van der Waals surface area contributed by atoms with E-state index in [1.165, 1.54) is 6.07 Å². The monoisotopic (exact) mass is 372 g/mol. The molecule has 0 aliphatic rings. The van der Waals surface area contributed by atoms with Crippen molar-refractivity contribution in [3.05, 3.63) is 70.5 Å². The molecule has 0 saturated heterocycles. The van der Waals surface area contributed by atoms with Crippen molar-refractivity contribution in [3.8, 4) is 0 Å². The first-order valence-corrected chi connectivity index (χ1v) is 9.16. The summed E-state index contributed by atoms with van der Waals surface area (Å²) < 4.78 is 13.8. The lowest BCUT2D eigenvalue weighted by Crippen LogP contribution is -2.42. The van der Waals surface area contributed by atoms with Crippen molar-refractivity contribution in [1.82, 2.24) is 5.32 Å². The van der Waals surface area contributed by atoms with Crippen molar-refractivity contribution in [1.29, 1.82) is 0 Å². The van der Waals surface area contributed by atoms with Crippen LogP contribution in [0.2, 0.25) is 0 Å². The number of hydrogen-bond donors (Lipinski definition) is 3. The Labute approximate surface area is 160 Å². The molecule has 0 aliphatic carbocycles. The zero-order chi connectivity index (χ0) is 20.2. The summed E-state index contributed by atoms with van der Waals surface area (Å²) in [6, 6.07) is 11.3. The third-order valence-corrected chi connectivity index (χ3v) is 4.34. The first-order valence-electron chi connectivity index (χ1n) is 9.16. The van der Waals surface area contributed by atoms with Crippen LogP contribution >= 0.6 is 0 Å². The summed E-state index contributed by atoms with van der Waals surface area (Å²) in [6.45, 7) is 7.66. The van der Waals surface area contributed by atoms with Crippen LogP contribution in [0, 0.1) is 12.7 Å². The van der Waals surface area contributed by atoms with Gasteiger partial charge in [-0.05, 0) is 57.4 Å². The fourth-order valence-electron chi connectivity index (χ4n) is 2.92. The number of nitrogens with two attached hydrogens (primary N) is 1. The molecule has 2 atom stereocenters. The predicted octanol–water partition coefficient (Wildman–Crippen LogP) is 3.14. The van der Waals surface area contributed by atoms with E-state index in [1.54, 1.807) is 18.2 Å². The van der Waals surface area contributed by atoms with Crippen LogP contribution in [0.4, 0.5) is 4.39 Å². The number of carbonyl (C=O) groups excluding carboxylic acids is 1. The second-order valence-corrected chi connectivity index (χ2v) is 8.10. The van der Waals surface area contributed by atoms with Crippen molar-refractivity contribution < 1.29 is 14.3 Å². The molecular formula is C22H29FN2O2. The Hall–Kier alpha value is -2.24. The Kier molecular flexibility index (Phi) is 6.73. The Bertz CT molecular complexity index is 799. The molecule has 1 amide bonds. The topological polar surface area (TPSA) is 75.3 Å². The zero-order valence-corrected chi connectivity index (χ0v) is 16.4. The molecule has 1 unspecified atom stereocenters. The van der Waals surface area contributed by atoms with E-state index in [9.17, 15) is 14.3 Å². The van der Waals surface area contributed by atoms with Gasteiger partial charge < -0.3 is 16.2 Å². The van der Waals surface area contributed by atoms with E-state index in [0.717, 1.165) is 11.1 Å². The maximum Gasteiger partial charge on any atom is 0.251 e. The van der Waals surface area contributed by atoms with E-state index in [0.29, 0.717) is 11.1 Å². The van der Waals surface area contributed by atoms with Gasteiger partial charge in [-0.25, -0.2) is 4.39 Å². The second-order valence-electron chi connectivity index (χ2n) is 8.10. The molecule has 0 radical (unpaired) electrons. The minimum Gasteiger partial charge on any atom is -0.391 e. The number of nitrogens with one attached hydrogen (secondary N) is 1. The number of amides is 1. The summed E-state index contributed by atoms with van der Waals surface area (Å²) in [4.78, 5) is 12.6. The van der Waals surface area contributed by atoms with Crippen molar-refractivity contribution in [3.63, 3.8) is 0 Å². The molecule has 0 saturated carbocycles. The summed E-state index contributed by atoms with van der Waals surface area (Å²) in [5.74, 6) is -0.517. The molecule has 27 heavy (non-hydrogen) atoms. The lowest BCUT2D eigenvalue weighted by molar-refractivity contribution is 0.0916. The quantitative estimate of drug-likeness (QED) is 0.729. The number of carbonyl (C=O) groups is 1. The molecular weight excluding hydrogens is 343 g/mol. The summed E-state index contributed by atoms with van der Waals surface area (Å²) in [7, 11) is 0. The summed E-state index contributed by atoms with van der Waals surface area (Å²) in [5.41, 5.74) is 8.43. The van der Waals surface area contributed by atoms with Gasteiger partial charge >= 0.3 is 0 Å². The largest absolute Gasteiger partial charge is 0.391 e. The first kappa shape index (κ1) is 21.1. The molecule has 0 heterocycles. The van der Waals surface area contributed by atoms with Crippen LogP contribution in [0.25, 0.3) is 0 Å². The van der Waals surface area contributed by atoms with E-state index in [4.69, 9.17) is 5.73 Å². The van der Waals surface area contributed by atoms with Gasteiger partial charge in [0.05, 0.1) is 6.10 Å². The zero-order valence-electron chi connectivity index (χ0n) is 16.4. The minimum atomic E-state index is -0.895. The molecule has 0 aromatic heterocycles. The molecule has 2 aromatic rings. The summed E-state index contributed by atoms with van der Waals surface area (Å²) in [6.07, 6.45) is -0.444. The molecule has 5 heteroatoms. The van der Waals surface area contributed by atoms with Gasteiger partial charge in [-0.1, -0.05) is 35.9 Å². The third-order valence-electron chi connectivity index (χ3n) is 4.34. The van der Waals surface area contributed by atoms with Crippen LogP contribution in [0.5, 0.6) is 0 Å². The lowest BCUT2D eigenvalue weighted by Gasteiger charge is -2.23. The van der Waals surface area contributed by atoms with Gasteiger partial charge in [-0.2, -0.15) is 0 Å². The highest BCUT2D eigenvalue weighted by molar-refractivity contribution is 5.96. The molecule has 0 fully saturated rings. The maximum absolute atomic E-state index is 13.8. The van der Waals surface area contributed by atoms with Gasteiger partial charge in [-0.15, -0.1) is 0 Å². The number of halogens is 1. The number of rotatable bonds is 6. The number of aryl methyl sites for hydroxylation is 1. The van der Waals surface area contributed by atoms with E-state index in [1.807, 2.05) is 45.9 Å². The van der Waals surface area contributed by atoms with E-state index >= 15 is 0 Å². The Morgan fingerprint density at radius 3 is 2.44 bits per heavy atom. The van der Waals surface area contributed by atoms with Gasteiger partial charge in [0.2, 0.25) is 0 Å². The van der Waals surface area contributed by atoms with E-state index in [2.05, 4.69) is 5.32 Å². The van der Waals surface area contributed by atoms with Crippen molar-refractivity contribution in [2.45, 2.75) is 58.2 Å². The molecule has 2 aromatic carbocycles. The molecule has 4 N–H and O–H groups in total. The standard InChI is InChI=1S/C22H29FN2O2/c1-14-9-10-15(17(11-14)21(27)25-22(2,3)4)13-20(26)19(24)12-16-7-5-6-8-18(16)23/h5-11,19-20,26H,12-13,24H2,1-4H3,(H,25,27)/t19-,20?/m1/s1. The SMILES string of the molecule is Cc1ccc(CC(O)[C@H](N)Cc2ccccc2F)c(C(=O)NC(C)(C)C)c1. The third kappa shape index (κ3) is 6.15. The number of hydrogen-bond acceptors (Lipinski definition) is 3. The van der Waals surface area contributed by atoms with Gasteiger partial charge in [0.15, 0.2) is 0 Å². The average molecular weight is 372 g/mol. The fraction of sp³-hybridized carbons (Fsp3) is 0.409. The van der Waals surface area contributed by atoms with Crippen LogP contribution in [-0.4, -0.2) is 28.7 Å². The van der Waals surface area contributed by atoms with Crippen LogP contribution in [0.3, 0.4) is 0 Å². The summed E-state index contributed by atoms with van der Waals surface area (Å²) >= 11 is 0. The molecule has 0 spiro atoms. The molecule has 146 valence electrons. The fourth-order valence-corrected chi connectivity index (χ4v) is 2.92. The van der Waals surface area contributed by atoms with Crippen LogP contribution in [-0.2, 0) is 12.8 Å². The second kappa shape index (κ2) is 8.63. The highest BCUT2D eigenvalue weighted by Crippen LogP contribution is 2.18. The molecule has 0 aliphatic heterocycles. The van der Waals surface area contributed by atoms with E-state index < -0.39 is 12.1 Å². The number of aliphatic hydroxyl groups excluding tert-OH is 1. The smallest absolute Gasteiger partial charge is 0.251 e. The van der Waals surface area contributed by atoms with Gasteiger partial charge in [0, 0.05) is 23.6 Å². The van der Waals surface area contributed by atoms with Crippen LogP contribution < -0.4 is 11.1 Å². The Balaban J connectivity index is 2.16. The molecule has 2 rings (SSSR count). The first-order chi connectivity index (χ1) is 12.6. The molecule has 0 bridgehead atoms. The minimum absolute atomic E-state index is 0.184. The average Bonchev–Trinajstić information content (AvgIpc) is 2.56. The maximum atomic E-state index is 13.8. The van der Waals surface area contributed by atoms with Crippen LogP contribution in [0.1, 0.15) is 47.8 Å². The summed E-state index contributed by atoms with van der Waals surface area (Å²) in [5, 5.41) is 13.5. The van der Waals surface area contributed by atoms with E-state index in [-0.39, 0.29) is 30.1 Å². The lowest BCUT2D eigenvalue weighted by atomic mass is 9.93. The van der Waals surface area contributed by atoms with Crippen molar-refractivity contribution in [2.75, 3.05) is 0 Å². The number of aliphatic hydroxyl groups is 1. The van der Waals surface area contributed by atoms with Crippen molar-refractivity contribution >= 4 is 5.91 Å². The highest BCUT2D eigenvalue weighted by atomic mass is 19.1. The van der Waals surface area contributed by atoms with Gasteiger partial charge in [-0.3, -0.25) is 4.79 Å². The van der Waals surface area contributed by atoms with Gasteiger partial charge in [0.25, 0.3) is 5.91 Å². The van der Waals surface area contributed by atoms with Gasteiger partial charge in [0.1, 0.15) is 5.82 Å².